The van der Waals surface area contributed by atoms with Gasteiger partial charge < -0.3 is 9.47 Å². The van der Waals surface area contributed by atoms with E-state index in [-0.39, 0.29) is 11.5 Å². The summed E-state index contributed by atoms with van der Waals surface area (Å²) >= 11 is 0. The van der Waals surface area contributed by atoms with Crippen molar-refractivity contribution in [1.29, 1.82) is 0 Å². The van der Waals surface area contributed by atoms with Crippen LogP contribution in [0.2, 0.25) is 0 Å². The van der Waals surface area contributed by atoms with Crippen LogP contribution in [0.25, 0.3) is 0 Å². The third-order valence-electron chi connectivity index (χ3n) is 8.60. The van der Waals surface area contributed by atoms with E-state index in [4.69, 9.17) is 9.47 Å². The van der Waals surface area contributed by atoms with Crippen LogP contribution in [0, 0.1) is 60.4 Å². The molecule has 232 valence electrons. The van der Waals surface area contributed by atoms with Crippen molar-refractivity contribution in [3.05, 3.63) is 127 Å². The van der Waals surface area contributed by atoms with E-state index in [0.717, 1.165) is 13.8 Å². The van der Waals surface area contributed by atoms with Gasteiger partial charge in [0.05, 0.1) is 0 Å². The average molecular weight is 633 g/mol. The minimum absolute atomic E-state index is 0.191. The second-order valence-corrected chi connectivity index (χ2v) is 11.0. The van der Waals surface area contributed by atoms with Crippen molar-refractivity contribution in [2.45, 2.75) is 44.9 Å². The van der Waals surface area contributed by atoms with E-state index >= 15 is 0 Å². The molecule has 2 aliphatic rings. The molecular weight excluding hydrogens is 612 g/mol. The van der Waals surface area contributed by atoms with Gasteiger partial charge in [-0.3, -0.25) is 0 Å². The molecule has 1 spiro atoms. The summed E-state index contributed by atoms with van der Waals surface area (Å²) in [5, 5.41) is 0. The molecule has 6 rings (SSSR count). The van der Waals surface area contributed by atoms with Crippen LogP contribution in [0.15, 0.2) is 36.4 Å². The number of fused-ring (bicyclic) bond motifs is 4. The van der Waals surface area contributed by atoms with Crippen LogP contribution in [0.1, 0.15) is 66.9 Å². The van der Waals surface area contributed by atoms with Crippen molar-refractivity contribution in [3.63, 3.8) is 0 Å². The summed E-state index contributed by atoms with van der Waals surface area (Å²) in [5.74, 6) is -18.5. The summed E-state index contributed by atoms with van der Waals surface area (Å²) in [7, 11) is 0. The number of hydrogen-bond acceptors (Lipinski definition) is 4. The highest BCUT2D eigenvalue weighted by molar-refractivity contribution is 5.93. The van der Waals surface area contributed by atoms with Gasteiger partial charge in [-0.05, 0) is 62.8 Å². The fourth-order valence-electron chi connectivity index (χ4n) is 6.42. The molecular formula is C33H20F8O4. The predicted molar refractivity (Wildman–Crippen MR) is 142 cm³/mol. The molecule has 0 aromatic heterocycles. The lowest BCUT2D eigenvalue weighted by Gasteiger charge is -2.29. The molecule has 0 bridgehead atoms. The van der Waals surface area contributed by atoms with Crippen LogP contribution in [0.5, 0.6) is 11.5 Å². The minimum atomic E-state index is -1.93. The van der Waals surface area contributed by atoms with Gasteiger partial charge in [0.25, 0.3) is 0 Å². The van der Waals surface area contributed by atoms with Crippen molar-refractivity contribution in [3.8, 4) is 11.5 Å². The maximum absolute atomic E-state index is 14.6. The lowest BCUT2D eigenvalue weighted by atomic mass is 9.76. The molecule has 0 unspecified atom stereocenters. The van der Waals surface area contributed by atoms with Crippen LogP contribution in [-0.2, 0) is 18.3 Å². The van der Waals surface area contributed by atoms with E-state index in [2.05, 4.69) is 0 Å². The first-order valence-corrected chi connectivity index (χ1v) is 13.6. The SMILES string of the molecule is Cc1c(F)c(F)c(C(=O)Oc2cccc3c2C2(CC3)CCc3cccc(OC(=O)c4c(F)c(F)c(C)c(F)c4F)c32)c(F)c1F. The zero-order valence-electron chi connectivity index (χ0n) is 23.4. The van der Waals surface area contributed by atoms with Crippen LogP contribution >= 0.6 is 0 Å². The van der Waals surface area contributed by atoms with Crippen LogP contribution < -0.4 is 9.47 Å². The molecule has 0 radical (unpaired) electrons. The zero-order chi connectivity index (χ0) is 32.5. The van der Waals surface area contributed by atoms with Gasteiger partial charge in [0.2, 0.25) is 0 Å². The number of carbonyl (C=O) groups is 2. The number of benzene rings is 4. The molecule has 0 fully saturated rings. The first-order valence-electron chi connectivity index (χ1n) is 13.6. The molecule has 0 N–H and O–H groups in total. The topological polar surface area (TPSA) is 52.6 Å². The molecule has 0 aliphatic heterocycles. The highest BCUT2D eigenvalue weighted by Gasteiger charge is 2.49. The first-order chi connectivity index (χ1) is 21.3. The quantitative estimate of drug-likeness (QED) is 0.0990. The largest absolute Gasteiger partial charge is 0.422 e. The molecule has 2 aliphatic carbocycles. The standard InChI is InChI=1S/C33H20F8O4/c1-13-23(34)27(38)19(28(39)24(13)35)31(42)44-17-7-3-5-15-9-11-33(21(15)17)12-10-16-6-4-8-18(22(16)33)45-32(43)20-29(40)25(36)14(2)26(37)30(20)41/h3-8H,9-12H2,1-2H3. The van der Waals surface area contributed by atoms with Gasteiger partial charge in [-0.25, -0.2) is 44.7 Å². The highest BCUT2D eigenvalue weighted by atomic mass is 19.2. The Labute approximate surface area is 250 Å². The Bertz CT molecular complexity index is 1770. The number of halogens is 8. The fraction of sp³-hybridized carbons (Fsp3) is 0.212. The van der Waals surface area contributed by atoms with Gasteiger partial charge in [0.1, 0.15) is 22.6 Å². The van der Waals surface area contributed by atoms with Gasteiger partial charge >= 0.3 is 11.9 Å². The van der Waals surface area contributed by atoms with Crippen molar-refractivity contribution in [1.82, 2.24) is 0 Å². The minimum Gasteiger partial charge on any atom is -0.422 e. The second-order valence-electron chi connectivity index (χ2n) is 11.0. The van der Waals surface area contributed by atoms with Crippen molar-refractivity contribution in [2.24, 2.45) is 0 Å². The highest BCUT2D eigenvalue weighted by Crippen LogP contribution is 2.57. The Balaban J connectivity index is 1.43. The van der Waals surface area contributed by atoms with Gasteiger partial charge in [-0.2, -0.15) is 0 Å². The van der Waals surface area contributed by atoms with Crippen LogP contribution in [-0.4, -0.2) is 11.9 Å². The summed E-state index contributed by atoms with van der Waals surface area (Å²) in [6, 6.07) is 9.02. The third-order valence-corrected chi connectivity index (χ3v) is 8.60. The van der Waals surface area contributed by atoms with Crippen LogP contribution in [0.3, 0.4) is 0 Å². The Morgan fingerprint density at radius 2 is 0.889 bits per heavy atom. The van der Waals surface area contributed by atoms with Gasteiger partial charge in [0, 0.05) is 27.7 Å². The monoisotopic (exact) mass is 632 g/mol. The van der Waals surface area contributed by atoms with Crippen LogP contribution in [0.4, 0.5) is 35.1 Å². The molecule has 45 heavy (non-hydrogen) atoms. The summed E-state index contributed by atoms with van der Waals surface area (Å²) in [4.78, 5) is 26.0. The van der Waals surface area contributed by atoms with E-state index in [1.54, 1.807) is 12.1 Å². The summed E-state index contributed by atoms with van der Waals surface area (Å²) in [5.41, 5.74) is -4.12. The molecule has 12 heteroatoms. The maximum Gasteiger partial charge on any atom is 0.349 e. The maximum atomic E-state index is 14.6. The Morgan fingerprint density at radius 1 is 0.556 bits per heavy atom. The van der Waals surface area contributed by atoms with Crippen molar-refractivity contribution < 1.29 is 54.2 Å². The van der Waals surface area contributed by atoms with Gasteiger partial charge in [-0.1, -0.05) is 24.3 Å². The van der Waals surface area contributed by atoms with Crippen molar-refractivity contribution >= 4 is 11.9 Å². The van der Waals surface area contributed by atoms with E-state index < -0.39 is 86.1 Å². The van der Waals surface area contributed by atoms with Crippen molar-refractivity contribution in [2.75, 3.05) is 0 Å². The van der Waals surface area contributed by atoms with E-state index in [0.29, 0.717) is 47.9 Å². The van der Waals surface area contributed by atoms with E-state index in [1.165, 1.54) is 24.3 Å². The number of esters is 2. The Morgan fingerprint density at radius 3 is 1.22 bits per heavy atom. The number of carbonyl (C=O) groups excluding carboxylic acids is 2. The first kappa shape index (κ1) is 30.3. The smallest absolute Gasteiger partial charge is 0.349 e. The average Bonchev–Trinajstić information content (AvgIpc) is 3.59. The molecule has 0 atom stereocenters. The van der Waals surface area contributed by atoms with Gasteiger partial charge in [0.15, 0.2) is 46.5 Å². The number of rotatable bonds is 4. The lowest BCUT2D eigenvalue weighted by molar-refractivity contribution is 0.0712. The fourth-order valence-corrected chi connectivity index (χ4v) is 6.42. The summed E-state index contributed by atoms with van der Waals surface area (Å²) in [6.07, 6.45) is 1.45. The predicted octanol–water partition coefficient (Wildman–Crippen LogP) is 8.03. The molecule has 0 amide bonds. The Kier molecular flexibility index (Phi) is 7.21. The van der Waals surface area contributed by atoms with Gasteiger partial charge in [-0.15, -0.1) is 0 Å². The third kappa shape index (κ3) is 4.40. The second kappa shape index (κ2) is 10.7. The zero-order valence-corrected chi connectivity index (χ0v) is 23.4. The summed E-state index contributed by atoms with van der Waals surface area (Å²) < 4.78 is 126. The number of hydrogen-bond donors (Lipinski definition) is 0. The summed E-state index contributed by atoms with van der Waals surface area (Å²) in [6.45, 7) is 1.60. The van der Waals surface area contributed by atoms with E-state index in [9.17, 15) is 44.7 Å². The molecule has 0 saturated heterocycles. The number of ether oxygens (including phenoxy) is 2. The molecule has 0 saturated carbocycles. The molecule has 4 aromatic carbocycles. The molecule has 4 aromatic rings. The molecule has 0 heterocycles. The Hall–Kier alpha value is -4.74. The number of aryl methyl sites for hydroxylation is 2. The van der Waals surface area contributed by atoms with E-state index in [1.807, 2.05) is 0 Å². The lowest BCUT2D eigenvalue weighted by Crippen LogP contribution is -2.25. The molecule has 4 nitrogen and oxygen atoms in total. The normalized spacial score (nSPS) is 14.4.